The van der Waals surface area contributed by atoms with Crippen LogP contribution in [0.15, 0.2) is 48.5 Å². The lowest BCUT2D eigenvalue weighted by Gasteiger charge is -2.36. The average molecular weight is 499 g/mol. The number of nitrogens with zero attached hydrogens (tertiary/aromatic N) is 2. The molecular weight excluding hydrogens is 469 g/mol. The molecule has 36 heavy (non-hydrogen) atoms. The van der Waals surface area contributed by atoms with Gasteiger partial charge in [0.25, 0.3) is 0 Å². The summed E-state index contributed by atoms with van der Waals surface area (Å²) in [6, 6.07) is 12.5. The van der Waals surface area contributed by atoms with E-state index in [0.29, 0.717) is 25.9 Å². The van der Waals surface area contributed by atoms with Crippen molar-refractivity contribution in [2.75, 3.05) is 13.1 Å². The molecule has 0 spiro atoms. The third-order valence-corrected chi connectivity index (χ3v) is 7.75. The molecule has 0 N–H and O–H groups in total. The number of aryl methyl sites for hydroxylation is 1. The Hall–Kier alpha value is -3.16. The molecule has 2 aromatic rings. The molecule has 2 saturated heterocycles. The van der Waals surface area contributed by atoms with Crippen LogP contribution < -0.4 is 0 Å². The summed E-state index contributed by atoms with van der Waals surface area (Å²) in [6.07, 6.45) is -2.10. The summed E-state index contributed by atoms with van der Waals surface area (Å²) in [5.41, 5.74) is -0.149. The van der Waals surface area contributed by atoms with Crippen molar-refractivity contribution in [1.29, 1.82) is 0 Å². The van der Waals surface area contributed by atoms with Crippen LogP contribution in [0.4, 0.5) is 13.2 Å². The molecule has 0 radical (unpaired) electrons. The van der Waals surface area contributed by atoms with Crippen LogP contribution in [0.3, 0.4) is 0 Å². The number of imide groups is 1. The van der Waals surface area contributed by atoms with E-state index in [1.54, 1.807) is 4.90 Å². The molecule has 3 aliphatic rings. The topological polar surface area (TPSA) is 57.7 Å². The fourth-order valence-electron chi connectivity index (χ4n) is 5.69. The summed E-state index contributed by atoms with van der Waals surface area (Å²) >= 11 is 0. The SMILES string of the molecule is Cc1cccc([C@@H]2CCCN(C(=O)C[C@]3(c4cccc(C(F)(F)F)c4)CC(=O)N(C4CC4)C3=O)C2)c1. The highest BCUT2D eigenvalue weighted by Crippen LogP contribution is 2.46. The standard InChI is InChI=1S/C28H29F3N2O3/c1-18-5-2-6-19(13-18)20-7-4-12-32(17-20)24(34)15-27(16-25(35)33(26(27)36)23-10-11-23)21-8-3-9-22(14-21)28(29,30)31/h2-3,5-6,8-9,13-14,20,23H,4,7,10-12,15-17H2,1H3/t20-,27-/m1/s1. The van der Waals surface area contributed by atoms with Gasteiger partial charge in [0.1, 0.15) is 0 Å². The number of rotatable bonds is 5. The normalized spacial score (nSPS) is 24.9. The van der Waals surface area contributed by atoms with Gasteiger partial charge in [-0.15, -0.1) is 0 Å². The second-order valence-corrected chi connectivity index (χ2v) is 10.4. The summed E-state index contributed by atoms with van der Waals surface area (Å²) < 4.78 is 40.6. The van der Waals surface area contributed by atoms with Crippen LogP contribution in [0, 0.1) is 6.92 Å². The number of halogens is 3. The Bertz CT molecular complexity index is 1210. The van der Waals surface area contributed by atoms with Crippen LogP contribution >= 0.6 is 0 Å². The Labute approximate surface area is 208 Å². The molecule has 3 fully saturated rings. The van der Waals surface area contributed by atoms with Gasteiger partial charge in [0.2, 0.25) is 17.7 Å². The van der Waals surface area contributed by atoms with E-state index in [9.17, 15) is 27.6 Å². The molecular formula is C28H29F3N2O3. The Morgan fingerprint density at radius 2 is 1.81 bits per heavy atom. The molecule has 5 rings (SSSR count). The van der Waals surface area contributed by atoms with Crippen molar-refractivity contribution in [3.05, 3.63) is 70.8 Å². The van der Waals surface area contributed by atoms with Crippen LogP contribution in [0.5, 0.6) is 0 Å². The average Bonchev–Trinajstić information content (AvgIpc) is 3.64. The molecule has 1 aliphatic carbocycles. The van der Waals surface area contributed by atoms with Crippen molar-refractivity contribution in [3.63, 3.8) is 0 Å². The van der Waals surface area contributed by atoms with Gasteiger partial charge in [-0.2, -0.15) is 13.2 Å². The van der Waals surface area contributed by atoms with Gasteiger partial charge in [-0.05, 0) is 49.8 Å². The van der Waals surface area contributed by atoms with E-state index in [2.05, 4.69) is 6.07 Å². The lowest BCUT2D eigenvalue weighted by atomic mass is 9.75. The highest BCUT2D eigenvalue weighted by atomic mass is 19.4. The number of hydrogen-bond acceptors (Lipinski definition) is 3. The van der Waals surface area contributed by atoms with Gasteiger partial charge in [0.15, 0.2) is 0 Å². The van der Waals surface area contributed by atoms with E-state index in [0.717, 1.165) is 36.1 Å². The molecule has 190 valence electrons. The van der Waals surface area contributed by atoms with Gasteiger partial charge in [-0.1, -0.05) is 48.0 Å². The molecule has 2 aliphatic heterocycles. The van der Waals surface area contributed by atoms with Gasteiger partial charge in [-0.25, -0.2) is 0 Å². The number of carbonyl (C=O) groups is 3. The molecule has 2 atom stereocenters. The van der Waals surface area contributed by atoms with Crippen molar-refractivity contribution >= 4 is 17.7 Å². The first-order chi connectivity index (χ1) is 17.1. The lowest BCUT2D eigenvalue weighted by molar-refractivity contribution is -0.143. The largest absolute Gasteiger partial charge is 0.416 e. The third kappa shape index (κ3) is 4.53. The van der Waals surface area contributed by atoms with Crippen molar-refractivity contribution in [2.45, 2.75) is 69.0 Å². The maximum absolute atomic E-state index is 13.7. The fraction of sp³-hybridized carbons (Fsp3) is 0.464. The number of hydrogen-bond donors (Lipinski definition) is 0. The summed E-state index contributed by atoms with van der Waals surface area (Å²) in [6.45, 7) is 3.02. The predicted octanol–water partition coefficient (Wildman–Crippen LogP) is 4.97. The molecule has 2 heterocycles. The lowest BCUT2D eigenvalue weighted by Crippen LogP contribution is -2.46. The number of benzene rings is 2. The smallest absolute Gasteiger partial charge is 0.342 e. The summed E-state index contributed by atoms with van der Waals surface area (Å²) in [5, 5.41) is 0. The van der Waals surface area contributed by atoms with Gasteiger partial charge < -0.3 is 4.90 Å². The maximum Gasteiger partial charge on any atom is 0.416 e. The number of carbonyl (C=O) groups excluding carboxylic acids is 3. The molecule has 0 unspecified atom stereocenters. The van der Waals surface area contributed by atoms with Gasteiger partial charge in [-0.3, -0.25) is 19.3 Å². The Kier molecular flexibility index (Phi) is 6.17. The number of piperidine rings is 1. The molecule has 0 aromatic heterocycles. The number of amides is 3. The third-order valence-electron chi connectivity index (χ3n) is 7.75. The van der Waals surface area contributed by atoms with E-state index in [1.165, 1.54) is 17.0 Å². The van der Waals surface area contributed by atoms with Crippen LogP contribution in [0.1, 0.15) is 66.7 Å². The van der Waals surface area contributed by atoms with E-state index in [4.69, 9.17) is 0 Å². The first kappa shape index (κ1) is 24.5. The van der Waals surface area contributed by atoms with Crippen LogP contribution in [0.25, 0.3) is 0 Å². The highest BCUT2D eigenvalue weighted by Gasteiger charge is 2.57. The van der Waals surface area contributed by atoms with Crippen molar-refractivity contribution in [1.82, 2.24) is 9.80 Å². The second kappa shape index (κ2) is 9.05. The molecule has 0 bridgehead atoms. The molecule has 3 amide bonds. The van der Waals surface area contributed by atoms with Crippen molar-refractivity contribution in [2.24, 2.45) is 0 Å². The molecule has 2 aromatic carbocycles. The number of likely N-dealkylation sites (tertiary alicyclic amines) is 2. The zero-order valence-corrected chi connectivity index (χ0v) is 20.2. The second-order valence-electron chi connectivity index (χ2n) is 10.4. The van der Waals surface area contributed by atoms with Crippen molar-refractivity contribution < 1.29 is 27.6 Å². The zero-order chi connectivity index (χ0) is 25.7. The first-order valence-corrected chi connectivity index (χ1v) is 12.5. The quantitative estimate of drug-likeness (QED) is 0.547. The minimum Gasteiger partial charge on any atom is -0.342 e. The molecule has 8 heteroatoms. The summed E-state index contributed by atoms with van der Waals surface area (Å²) in [5.74, 6) is -1.11. The van der Waals surface area contributed by atoms with E-state index >= 15 is 0 Å². The molecule has 1 saturated carbocycles. The maximum atomic E-state index is 13.7. The van der Waals surface area contributed by atoms with Gasteiger partial charge >= 0.3 is 6.18 Å². The summed E-state index contributed by atoms with van der Waals surface area (Å²) in [4.78, 5) is 43.1. The fourth-order valence-corrected chi connectivity index (χ4v) is 5.69. The highest BCUT2D eigenvalue weighted by molar-refractivity contribution is 6.11. The summed E-state index contributed by atoms with van der Waals surface area (Å²) in [7, 11) is 0. The number of alkyl halides is 3. The van der Waals surface area contributed by atoms with Gasteiger partial charge in [0, 0.05) is 37.9 Å². The zero-order valence-electron chi connectivity index (χ0n) is 20.2. The first-order valence-electron chi connectivity index (χ1n) is 12.5. The Morgan fingerprint density at radius 1 is 1.06 bits per heavy atom. The monoisotopic (exact) mass is 498 g/mol. The Balaban J connectivity index is 1.45. The predicted molar refractivity (Wildman–Crippen MR) is 127 cm³/mol. The van der Waals surface area contributed by atoms with Crippen LogP contribution in [0.2, 0.25) is 0 Å². The Morgan fingerprint density at radius 3 is 2.50 bits per heavy atom. The van der Waals surface area contributed by atoms with Gasteiger partial charge in [0.05, 0.1) is 11.0 Å². The van der Waals surface area contributed by atoms with E-state index in [-0.39, 0.29) is 36.3 Å². The molecule has 5 nitrogen and oxygen atoms in total. The van der Waals surface area contributed by atoms with E-state index in [1.807, 2.05) is 25.1 Å². The van der Waals surface area contributed by atoms with Crippen LogP contribution in [-0.2, 0) is 26.0 Å². The van der Waals surface area contributed by atoms with E-state index < -0.39 is 29.0 Å². The minimum absolute atomic E-state index is 0.0828. The van der Waals surface area contributed by atoms with Crippen molar-refractivity contribution in [3.8, 4) is 0 Å². The van der Waals surface area contributed by atoms with Crippen LogP contribution in [-0.4, -0.2) is 46.7 Å². The minimum atomic E-state index is -4.60.